The van der Waals surface area contributed by atoms with Crippen molar-refractivity contribution < 1.29 is 4.79 Å². The number of carbonyl (C=O) groups is 1. The lowest BCUT2D eigenvalue weighted by Crippen LogP contribution is -2.45. The third-order valence-electron chi connectivity index (χ3n) is 3.82. The van der Waals surface area contributed by atoms with E-state index < -0.39 is 0 Å². The highest BCUT2D eigenvalue weighted by Gasteiger charge is 2.27. The first-order chi connectivity index (χ1) is 10.5. The van der Waals surface area contributed by atoms with Crippen LogP contribution in [0, 0.1) is 12.8 Å². The highest BCUT2D eigenvalue weighted by molar-refractivity contribution is 14.0. The molecule has 1 aromatic rings. The van der Waals surface area contributed by atoms with Crippen molar-refractivity contribution in [2.45, 2.75) is 39.8 Å². The lowest BCUT2D eigenvalue weighted by atomic mass is 10.2. The molecule has 0 radical (unpaired) electrons. The van der Waals surface area contributed by atoms with Gasteiger partial charge in [-0.05, 0) is 13.3 Å². The minimum Gasteiger partial charge on any atom is -0.352 e. The fourth-order valence-corrected chi connectivity index (χ4v) is 3.21. The number of carbonyl (C=O) groups excluding carboxylic acids is 1. The Hall–Kier alpha value is -0.900. The van der Waals surface area contributed by atoms with Crippen LogP contribution in [0.25, 0.3) is 0 Å². The molecule has 1 fully saturated rings. The second-order valence-electron chi connectivity index (χ2n) is 5.86. The summed E-state index contributed by atoms with van der Waals surface area (Å²) in [6, 6.07) is 0.261. The average Bonchev–Trinajstić information content (AvgIpc) is 3.11. The minimum absolute atomic E-state index is 0. The zero-order valence-corrected chi connectivity index (χ0v) is 17.3. The van der Waals surface area contributed by atoms with Crippen molar-refractivity contribution in [2.24, 2.45) is 10.9 Å². The molecule has 1 aromatic heterocycles. The molecule has 1 aliphatic heterocycles. The van der Waals surface area contributed by atoms with Gasteiger partial charge in [-0.15, -0.1) is 35.3 Å². The van der Waals surface area contributed by atoms with Crippen molar-refractivity contribution in [1.29, 1.82) is 0 Å². The van der Waals surface area contributed by atoms with Crippen molar-refractivity contribution in [3.05, 3.63) is 16.1 Å². The number of nitrogens with one attached hydrogen (secondary N) is 2. The Morgan fingerprint density at radius 1 is 1.57 bits per heavy atom. The zero-order chi connectivity index (χ0) is 16.1. The van der Waals surface area contributed by atoms with Crippen molar-refractivity contribution in [1.82, 2.24) is 20.5 Å². The number of amides is 1. The molecule has 1 aliphatic rings. The molecule has 2 N–H and O–H groups in total. The smallest absolute Gasteiger partial charge is 0.225 e. The normalized spacial score (nSPS) is 18.0. The van der Waals surface area contributed by atoms with Gasteiger partial charge in [0, 0.05) is 37.0 Å². The summed E-state index contributed by atoms with van der Waals surface area (Å²) in [5.74, 6) is 1.06. The molecule has 0 bridgehead atoms. The van der Waals surface area contributed by atoms with E-state index in [0.717, 1.165) is 37.7 Å². The number of guanidine groups is 1. The first kappa shape index (κ1) is 20.1. The molecule has 0 aromatic carbocycles. The molecule has 0 spiro atoms. The highest BCUT2D eigenvalue weighted by Crippen LogP contribution is 2.13. The summed E-state index contributed by atoms with van der Waals surface area (Å²) in [4.78, 5) is 23.7. The Morgan fingerprint density at radius 2 is 2.30 bits per heavy atom. The molecule has 0 aliphatic carbocycles. The summed E-state index contributed by atoms with van der Waals surface area (Å²) in [5, 5.41) is 6.71. The maximum atomic E-state index is 12.0. The highest BCUT2D eigenvalue weighted by atomic mass is 127. The second-order valence-corrected chi connectivity index (χ2v) is 6.79. The van der Waals surface area contributed by atoms with Crippen LogP contribution in [0.4, 0.5) is 0 Å². The van der Waals surface area contributed by atoms with Crippen molar-refractivity contribution in [3.63, 3.8) is 0 Å². The fourth-order valence-electron chi connectivity index (χ4n) is 2.49. The number of nitrogens with zero attached hydrogens (tertiary/aromatic N) is 3. The van der Waals surface area contributed by atoms with Gasteiger partial charge in [0.25, 0.3) is 0 Å². The Bertz CT molecular complexity index is 546. The Labute approximate surface area is 159 Å². The Kier molecular flexibility index (Phi) is 8.24. The van der Waals surface area contributed by atoms with Crippen LogP contribution in [-0.2, 0) is 11.3 Å². The van der Waals surface area contributed by atoms with Gasteiger partial charge in [-0.25, -0.2) is 4.98 Å². The number of aryl methyl sites for hydroxylation is 1. The number of hydrogen-bond donors (Lipinski definition) is 2. The van der Waals surface area contributed by atoms with Gasteiger partial charge in [0.2, 0.25) is 5.91 Å². The van der Waals surface area contributed by atoms with Gasteiger partial charge in [-0.3, -0.25) is 9.79 Å². The van der Waals surface area contributed by atoms with Gasteiger partial charge in [-0.2, -0.15) is 0 Å². The number of hydrogen-bond acceptors (Lipinski definition) is 4. The molecule has 2 heterocycles. The average molecular weight is 451 g/mol. The molecule has 130 valence electrons. The number of aromatic nitrogens is 1. The topological polar surface area (TPSA) is 69.6 Å². The van der Waals surface area contributed by atoms with Gasteiger partial charge in [0.05, 0.1) is 17.7 Å². The van der Waals surface area contributed by atoms with Crippen LogP contribution in [0.1, 0.15) is 30.8 Å². The number of likely N-dealkylation sites (tertiary alicyclic amines) is 1. The summed E-state index contributed by atoms with van der Waals surface area (Å²) in [7, 11) is 1.76. The van der Waals surface area contributed by atoms with Gasteiger partial charge >= 0.3 is 0 Å². The Morgan fingerprint density at radius 3 is 2.87 bits per heavy atom. The summed E-state index contributed by atoms with van der Waals surface area (Å²) >= 11 is 1.64. The second kappa shape index (κ2) is 9.41. The van der Waals surface area contributed by atoms with E-state index in [1.165, 1.54) is 4.88 Å². The number of rotatable bonds is 4. The van der Waals surface area contributed by atoms with Crippen molar-refractivity contribution in [3.8, 4) is 0 Å². The van der Waals surface area contributed by atoms with E-state index in [0.29, 0.717) is 0 Å². The molecule has 1 unspecified atom stereocenters. The molecule has 0 saturated carbocycles. The maximum Gasteiger partial charge on any atom is 0.225 e. The SMILES string of the molecule is CN=C(NCc1scnc1C)NC1CCN(C(=O)C(C)C)C1.I. The van der Waals surface area contributed by atoms with Gasteiger partial charge in [0.1, 0.15) is 0 Å². The molecule has 2 rings (SSSR count). The van der Waals surface area contributed by atoms with E-state index in [1.807, 2.05) is 31.2 Å². The third-order valence-corrected chi connectivity index (χ3v) is 4.75. The van der Waals surface area contributed by atoms with Gasteiger partial charge in [-0.1, -0.05) is 13.8 Å². The lowest BCUT2D eigenvalue weighted by Gasteiger charge is -2.20. The van der Waals surface area contributed by atoms with Gasteiger partial charge in [0.15, 0.2) is 5.96 Å². The van der Waals surface area contributed by atoms with Crippen LogP contribution in [-0.4, -0.2) is 47.9 Å². The molecule has 1 amide bonds. The first-order valence-corrected chi connectivity index (χ1v) is 8.54. The van der Waals surface area contributed by atoms with E-state index in [-0.39, 0.29) is 41.8 Å². The number of halogens is 1. The van der Waals surface area contributed by atoms with Crippen molar-refractivity contribution >= 4 is 47.2 Å². The maximum absolute atomic E-state index is 12.0. The first-order valence-electron chi connectivity index (χ1n) is 7.66. The minimum atomic E-state index is 0. The fraction of sp³-hybridized carbons (Fsp3) is 0.667. The molecule has 1 saturated heterocycles. The monoisotopic (exact) mass is 451 g/mol. The lowest BCUT2D eigenvalue weighted by molar-refractivity contribution is -0.133. The molecular formula is C15H26IN5OS. The summed E-state index contributed by atoms with van der Waals surface area (Å²) in [6.07, 6.45) is 0.957. The van der Waals surface area contributed by atoms with E-state index in [4.69, 9.17) is 0 Å². The summed E-state index contributed by atoms with van der Waals surface area (Å²) < 4.78 is 0. The molecular weight excluding hydrogens is 425 g/mol. The predicted molar refractivity (Wildman–Crippen MR) is 105 cm³/mol. The third kappa shape index (κ3) is 5.59. The molecule has 23 heavy (non-hydrogen) atoms. The number of aliphatic imine (C=N–C) groups is 1. The van der Waals surface area contributed by atoms with E-state index in [9.17, 15) is 4.79 Å². The van der Waals surface area contributed by atoms with Crippen LogP contribution >= 0.6 is 35.3 Å². The molecule has 1 atom stereocenters. The van der Waals surface area contributed by atoms with Gasteiger partial charge < -0.3 is 15.5 Å². The van der Waals surface area contributed by atoms with E-state index in [2.05, 4.69) is 20.6 Å². The van der Waals surface area contributed by atoms with Crippen LogP contribution in [0.3, 0.4) is 0 Å². The van der Waals surface area contributed by atoms with Crippen LogP contribution in [0.5, 0.6) is 0 Å². The largest absolute Gasteiger partial charge is 0.352 e. The van der Waals surface area contributed by atoms with Crippen LogP contribution in [0.2, 0.25) is 0 Å². The zero-order valence-electron chi connectivity index (χ0n) is 14.1. The molecule has 8 heteroatoms. The van der Waals surface area contributed by atoms with Crippen LogP contribution in [0.15, 0.2) is 10.5 Å². The van der Waals surface area contributed by atoms with E-state index in [1.54, 1.807) is 18.4 Å². The summed E-state index contributed by atoms with van der Waals surface area (Å²) in [6.45, 7) is 8.19. The Balaban J connectivity index is 0.00000264. The van der Waals surface area contributed by atoms with Crippen molar-refractivity contribution in [2.75, 3.05) is 20.1 Å². The van der Waals surface area contributed by atoms with E-state index >= 15 is 0 Å². The molecule has 6 nitrogen and oxygen atoms in total. The summed E-state index contributed by atoms with van der Waals surface area (Å²) in [5.41, 5.74) is 2.91. The number of thiazole rings is 1. The standard InChI is InChI=1S/C15H25N5OS.HI/c1-10(2)14(21)20-6-5-12(8-20)19-15(16-4)17-7-13-11(3)18-9-22-13;/h9-10,12H,5-8H2,1-4H3,(H2,16,17,19);1H. The predicted octanol–water partition coefficient (Wildman–Crippen LogP) is 1.99. The quantitative estimate of drug-likeness (QED) is 0.418. The van der Waals surface area contributed by atoms with Crippen LogP contribution < -0.4 is 10.6 Å².